The molecule has 1 aromatic rings. The van der Waals surface area contributed by atoms with Gasteiger partial charge in [0.2, 0.25) is 0 Å². The van der Waals surface area contributed by atoms with E-state index in [-0.39, 0.29) is 5.75 Å². The van der Waals surface area contributed by atoms with E-state index in [1.807, 2.05) is 20.8 Å². The second-order valence-corrected chi connectivity index (χ2v) is 4.95. The Bertz CT molecular complexity index is 385. The Morgan fingerprint density at radius 3 is 2.40 bits per heavy atom. The third kappa shape index (κ3) is 2.32. The number of hydrogen-bond acceptors (Lipinski definition) is 2. The van der Waals surface area contributed by atoms with E-state index < -0.39 is 11.4 Å². The summed E-state index contributed by atoms with van der Waals surface area (Å²) in [5.41, 5.74) is 6.96. The average molecular weight is 276 g/mol. The second kappa shape index (κ2) is 4.10. The molecule has 0 atom stereocenters. The lowest BCUT2D eigenvalue weighted by atomic mass is 9.90. The monoisotopic (exact) mass is 275 g/mol. The molecular weight excluding hydrogens is 261 g/mol. The van der Waals surface area contributed by atoms with Crippen LogP contribution in [-0.2, 0) is 5.54 Å². The molecule has 1 aromatic carbocycles. The lowest BCUT2D eigenvalue weighted by Crippen LogP contribution is -2.30. The van der Waals surface area contributed by atoms with E-state index >= 15 is 0 Å². The van der Waals surface area contributed by atoms with Crippen LogP contribution < -0.4 is 10.5 Å². The summed E-state index contributed by atoms with van der Waals surface area (Å²) in [6.07, 6.45) is 0. The predicted octanol–water partition coefficient (Wildman–Crippen LogP) is 3.10. The SMILES string of the molecule is COc1c(F)cc(Br)c(C)c1C(C)(C)N. The van der Waals surface area contributed by atoms with Gasteiger partial charge in [-0.25, -0.2) is 4.39 Å². The molecule has 15 heavy (non-hydrogen) atoms. The van der Waals surface area contributed by atoms with E-state index in [0.717, 1.165) is 5.56 Å². The first-order valence-electron chi connectivity index (χ1n) is 4.61. The summed E-state index contributed by atoms with van der Waals surface area (Å²) in [7, 11) is 1.45. The van der Waals surface area contributed by atoms with Crippen molar-refractivity contribution in [3.63, 3.8) is 0 Å². The highest BCUT2D eigenvalue weighted by molar-refractivity contribution is 9.10. The van der Waals surface area contributed by atoms with Crippen LogP contribution >= 0.6 is 15.9 Å². The maximum atomic E-state index is 13.6. The Labute approximate surface area is 97.7 Å². The Hall–Kier alpha value is -0.610. The van der Waals surface area contributed by atoms with Gasteiger partial charge in [0.15, 0.2) is 11.6 Å². The van der Waals surface area contributed by atoms with Gasteiger partial charge in [-0.15, -0.1) is 0 Å². The van der Waals surface area contributed by atoms with Crippen molar-refractivity contribution in [1.82, 2.24) is 0 Å². The molecule has 0 amide bonds. The number of rotatable bonds is 2. The summed E-state index contributed by atoms with van der Waals surface area (Å²) >= 11 is 3.30. The van der Waals surface area contributed by atoms with Crippen molar-refractivity contribution in [2.75, 3.05) is 7.11 Å². The smallest absolute Gasteiger partial charge is 0.166 e. The van der Waals surface area contributed by atoms with Gasteiger partial charge in [-0.2, -0.15) is 0 Å². The number of methoxy groups -OCH3 is 1. The van der Waals surface area contributed by atoms with Crippen LogP contribution in [0.4, 0.5) is 4.39 Å². The van der Waals surface area contributed by atoms with E-state index in [9.17, 15) is 4.39 Å². The molecule has 0 fully saturated rings. The van der Waals surface area contributed by atoms with Crippen molar-refractivity contribution in [2.24, 2.45) is 5.73 Å². The topological polar surface area (TPSA) is 35.2 Å². The number of benzene rings is 1. The molecule has 0 radical (unpaired) electrons. The molecule has 0 aliphatic rings. The molecule has 0 bridgehead atoms. The van der Waals surface area contributed by atoms with E-state index in [2.05, 4.69) is 15.9 Å². The third-order valence-corrected chi connectivity index (χ3v) is 3.10. The fourth-order valence-corrected chi connectivity index (χ4v) is 2.07. The summed E-state index contributed by atoms with van der Waals surface area (Å²) < 4.78 is 19.4. The van der Waals surface area contributed by atoms with Crippen molar-refractivity contribution in [3.8, 4) is 5.75 Å². The fraction of sp³-hybridized carbons (Fsp3) is 0.455. The molecule has 1 rings (SSSR count). The van der Waals surface area contributed by atoms with Gasteiger partial charge in [-0.05, 0) is 32.4 Å². The van der Waals surface area contributed by atoms with E-state index in [1.54, 1.807) is 0 Å². The maximum Gasteiger partial charge on any atom is 0.166 e. The molecule has 84 valence electrons. The van der Waals surface area contributed by atoms with Gasteiger partial charge < -0.3 is 10.5 Å². The van der Waals surface area contributed by atoms with Crippen molar-refractivity contribution in [2.45, 2.75) is 26.3 Å². The van der Waals surface area contributed by atoms with Crippen LogP contribution in [0.15, 0.2) is 10.5 Å². The predicted molar refractivity (Wildman–Crippen MR) is 62.6 cm³/mol. The van der Waals surface area contributed by atoms with Crippen LogP contribution in [0, 0.1) is 12.7 Å². The van der Waals surface area contributed by atoms with Gasteiger partial charge in [0.25, 0.3) is 0 Å². The van der Waals surface area contributed by atoms with E-state index in [0.29, 0.717) is 10.0 Å². The molecule has 0 aliphatic carbocycles. The summed E-state index contributed by atoms with van der Waals surface area (Å²) in [4.78, 5) is 0. The van der Waals surface area contributed by atoms with Crippen LogP contribution in [-0.4, -0.2) is 7.11 Å². The molecule has 0 aliphatic heterocycles. The first-order valence-corrected chi connectivity index (χ1v) is 5.40. The van der Waals surface area contributed by atoms with Crippen LogP contribution in [0.5, 0.6) is 5.75 Å². The quantitative estimate of drug-likeness (QED) is 0.900. The zero-order chi connectivity index (χ0) is 11.8. The first kappa shape index (κ1) is 12.5. The van der Waals surface area contributed by atoms with Crippen LogP contribution in [0.25, 0.3) is 0 Å². The summed E-state index contributed by atoms with van der Waals surface area (Å²) in [6.45, 7) is 5.53. The molecule has 0 saturated heterocycles. The minimum absolute atomic E-state index is 0.225. The highest BCUT2D eigenvalue weighted by atomic mass is 79.9. The zero-order valence-corrected chi connectivity index (χ0v) is 10.9. The molecule has 0 heterocycles. The number of hydrogen-bond donors (Lipinski definition) is 1. The number of halogens is 2. The summed E-state index contributed by atoms with van der Waals surface area (Å²) in [5.74, 6) is -0.174. The molecule has 2 nitrogen and oxygen atoms in total. The van der Waals surface area contributed by atoms with Gasteiger partial charge in [0.05, 0.1) is 7.11 Å². The highest BCUT2D eigenvalue weighted by Crippen LogP contribution is 2.37. The second-order valence-electron chi connectivity index (χ2n) is 4.10. The van der Waals surface area contributed by atoms with Crippen molar-refractivity contribution in [3.05, 3.63) is 27.5 Å². The summed E-state index contributed by atoms with van der Waals surface area (Å²) in [5, 5.41) is 0. The lowest BCUT2D eigenvalue weighted by molar-refractivity contribution is 0.367. The molecule has 0 aromatic heterocycles. The molecule has 0 unspecified atom stereocenters. The fourth-order valence-electron chi connectivity index (χ4n) is 1.67. The first-order chi connectivity index (χ1) is 6.79. The van der Waals surface area contributed by atoms with Crippen molar-refractivity contribution in [1.29, 1.82) is 0 Å². The number of nitrogens with two attached hydrogens (primary N) is 1. The van der Waals surface area contributed by atoms with E-state index in [4.69, 9.17) is 10.5 Å². The summed E-state index contributed by atoms with van der Waals surface area (Å²) in [6, 6.07) is 1.39. The maximum absolute atomic E-state index is 13.6. The van der Waals surface area contributed by atoms with Crippen molar-refractivity contribution < 1.29 is 9.13 Å². The molecule has 4 heteroatoms. The van der Waals surface area contributed by atoms with Crippen LogP contribution in [0.2, 0.25) is 0 Å². The molecule has 0 spiro atoms. The standard InChI is InChI=1S/C11H15BrFNO/c1-6-7(12)5-8(13)10(15-4)9(6)11(2,3)14/h5H,14H2,1-4H3. The third-order valence-electron chi connectivity index (χ3n) is 2.28. The van der Waals surface area contributed by atoms with Gasteiger partial charge in [0.1, 0.15) is 0 Å². The minimum atomic E-state index is -0.639. The van der Waals surface area contributed by atoms with Gasteiger partial charge in [0, 0.05) is 15.6 Å². The lowest BCUT2D eigenvalue weighted by Gasteiger charge is -2.25. The normalized spacial score (nSPS) is 11.7. The molecule has 2 N–H and O–H groups in total. The van der Waals surface area contributed by atoms with Crippen LogP contribution in [0.1, 0.15) is 25.0 Å². The van der Waals surface area contributed by atoms with Gasteiger partial charge in [-0.1, -0.05) is 15.9 Å². The van der Waals surface area contributed by atoms with Crippen molar-refractivity contribution >= 4 is 15.9 Å². The number of ether oxygens (including phenoxy) is 1. The van der Waals surface area contributed by atoms with Crippen LogP contribution in [0.3, 0.4) is 0 Å². The Kier molecular flexibility index (Phi) is 3.41. The molecule has 0 saturated carbocycles. The van der Waals surface area contributed by atoms with E-state index in [1.165, 1.54) is 13.2 Å². The Morgan fingerprint density at radius 2 is 2.00 bits per heavy atom. The molecular formula is C11H15BrFNO. The highest BCUT2D eigenvalue weighted by Gasteiger charge is 2.25. The van der Waals surface area contributed by atoms with Gasteiger partial charge >= 0.3 is 0 Å². The largest absolute Gasteiger partial charge is 0.493 e. The minimum Gasteiger partial charge on any atom is -0.493 e. The average Bonchev–Trinajstić information content (AvgIpc) is 2.08. The zero-order valence-electron chi connectivity index (χ0n) is 9.32. The Balaban J connectivity index is 3.59. The van der Waals surface area contributed by atoms with Gasteiger partial charge in [-0.3, -0.25) is 0 Å². The Morgan fingerprint density at radius 1 is 1.47 bits per heavy atom.